The molecular weight excluding hydrogens is 350 g/mol. The van der Waals surface area contributed by atoms with Gasteiger partial charge in [-0.3, -0.25) is 4.90 Å². The number of likely N-dealkylation sites (N-methyl/N-ethyl adjacent to an activating group) is 1. The highest BCUT2D eigenvalue weighted by atomic mass is 32.1. The molecule has 0 radical (unpaired) electrons. The van der Waals surface area contributed by atoms with Crippen molar-refractivity contribution in [2.24, 2.45) is 0 Å². The lowest BCUT2D eigenvalue weighted by Crippen LogP contribution is -2.24. The summed E-state index contributed by atoms with van der Waals surface area (Å²) in [5, 5.41) is 12.2. The number of hydrogen-bond donors (Lipinski definition) is 1. The van der Waals surface area contributed by atoms with E-state index in [1.807, 2.05) is 65.9 Å². The van der Waals surface area contributed by atoms with Crippen molar-refractivity contribution in [3.63, 3.8) is 0 Å². The van der Waals surface area contributed by atoms with Gasteiger partial charge in [-0.05, 0) is 36.2 Å². The first-order valence-electron chi connectivity index (χ1n) is 8.25. The molecule has 1 unspecified atom stereocenters. The van der Waals surface area contributed by atoms with Crippen molar-refractivity contribution >= 4 is 17.3 Å². The van der Waals surface area contributed by atoms with E-state index in [4.69, 9.17) is 9.15 Å². The Labute approximate surface area is 156 Å². The number of carbonyl (C=O) groups excluding carboxylic acids is 1. The van der Waals surface area contributed by atoms with Crippen molar-refractivity contribution in [3.05, 3.63) is 70.1 Å². The van der Waals surface area contributed by atoms with Crippen molar-refractivity contribution < 1.29 is 19.1 Å². The molecule has 0 saturated carbocycles. The second-order valence-electron chi connectivity index (χ2n) is 6.04. The number of nitrogens with zero attached hydrogens (tertiary/aromatic N) is 1. The van der Waals surface area contributed by atoms with Crippen molar-refractivity contribution in [2.75, 3.05) is 20.7 Å². The van der Waals surface area contributed by atoms with Crippen LogP contribution in [0.15, 0.2) is 58.3 Å². The number of methoxy groups -OCH3 is 1. The van der Waals surface area contributed by atoms with Gasteiger partial charge in [0.25, 0.3) is 0 Å². The number of aliphatic hydroxyl groups excluding tert-OH is 1. The Morgan fingerprint density at radius 3 is 2.73 bits per heavy atom. The summed E-state index contributed by atoms with van der Waals surface area (Å²) in [4.78, 5) is 14.3. The Morgan fingerprint density at radius 1 is 1.23 bits per heavy atom. The maximum absolute atomic E-state index is 11.8. The maximum Gasteiger partial charge on any atom is 0.348 e. The zero-order chi connectivity index (χ0) is 18.5. The molecule has 2 aromatic heterocycles. The highest BCUT2D eigenvalue weighted by Gasteiger charge is 2.18. The minimum atomic E-state index is -0.557. The van der Waals surface area contributed by atoms with Gasteiger partial charge < -0.3 is 14.3 Å². The fourth-order valence-corrected chi connectivity index (χ4v) is 3.58. The SMILES string of the molecule is COC(=O)c1sccc1-c1ccc(CN(C)CC(O)c2ccccc2)o1. The molecule has 1 N–H and O–H groups in total. The number of carbonyl (C=O) groups is 1. The van der Waals surface area contributed by atoms with Crippen LogP contribution in [0.25, 0.3) is 11.3 Å². The number of hydrogen-bond acceptors (Lipinski definition) is 6. The van der Waals surface area contributed by atoms with E-state index in [0.29, 0.717) is 23.7 Å². The smallest absolute Gasteiger partial charge is 0.348 e. The first kappa shape index (κ1) is 18.4. The van der Waals surface area contributed by atoms with Crippen molar-refractivity contribution in [2.45, 2.75) is 12.6 Å². The largest absolute Gasteiger partial charge is 0.465 e. The van der Waals surface area contributed by atoms with Gasteiger partial charge in [-0.15, -0.1) is 11.3 Å². The molecule has 2 heterocycles. The molecule has 0 saturated heterocycles. The Kier molecular flexibility index (Phi) is 5.88. The van der Waals surface area contributed by atoms with Crippen LogP contribution in [-0.4, -0.2) is 36.7 Å². The van der Waals surface area contributed by atoms with E-state index in [-0.39, 0.29) is 5.97 Å². The Bertz CT molecular complexity index is 856. The third-order valence-electron chi connectivity index (χ3n) is 4.06. The highest BCUT2D eigenvalue weighted by molar-refractivity contribution is 7.12. The van der Waals surface area contributed by atoms with Crippen molar-refractivity contribution in [1.29, 1.82) is 0 Å². The van der Waals surface area contributed by atoms with Gasteiger partial charge in [0.15, 0.2) is 0 Å². The third-order valence-corrected chi connectivity index (χ3v) is 4.95. The molecule has 0 spiro atoms. The van der Waals surface area contributed by atoms with Crippen LogP contribution >= 0.6 is 11.3 Å². The van der Waals surface area contributed by atoms with Crippen molar-refractivity contribution in [3.8, 4) is 11.3 Å². The summed E-state index contributed by atoms with van der Waals surface area (Å²) in [6.45, 7) is 1.05. The zero-order valence-corrected chi connectivity index (χ0v) is 15.5. The molecule has 26 heavy (non-hydrogen) atoms. The molecule has 136 valence electrons. The fraction of sp³-hybridized carbons (Fsp3) is 0.250. The molecule has 3 rings (SSSR count). The average molecular weight is 371 g/mol. The predicted molar refractivity (Wildman–Crippen MR) is 101 cm³/mol. The number of esters is 1. The van der Waals surface area contributed by atoms with Crippen LogP contribution in [0.4, 0.5) is 0 Å². The molecule has 5 nitrogen and oxygen atoms in total. The summed E-state index contributed by atoms with van der Waals surface area (Å²) in [6.07, 6.45) is -0.557. The monoisotopic (exact) mass is 371 g/mol. The molecule has 0 bridgehead atoms. The van der Waals surface area contributed by atoms with Crippen LogP contribution < -0.4 is 0 Å². The number of thiophene rings is 1. The van der Waals surface area contributed by atoms with Gasteiger partial charge >= 0.3 is 5.97 Å². The van der Waals surface area contributed by atoms with Gasteiger partial charge in [-0.25, -0.2) is 4.79 Å². The summed E-state index contributed by atoms with van der Waals surface area (Å²) in [7, 11) is 3.30. The molecule has 0 aliphatic heterocycles. The second-order valence-corrected chi connectivity index (χ2v) is 6.96. The molecule has 0 fully saturated rings. The Balaban J connectivity index is 1.65. The number of furan rings is 1. The van der Waals surface area contributed by atoms with Gasteiger partial charge in [0.1, 0.15) is 16.4 Å². The number of ether oxygens (including phenoxy) is 1. The summed E-state index contributed by atoms with van der Waals surface area (Å²) in [5.74, 6) is 1.04. The van der Waals surface area contributed by atoms with Gasteiger partial charge in [0.05, 0.1) is 19.8 Å². The third kappa shape index (κ3) is 4.22. The van der Waals surface area contributed by atoms with E-state index in [9.17, 15) is 9.90 Å². The summed E-state index contributed by atoms with van der Waals surface area (Å²) in [5.41, 5.74) is 1.63. The maximum atomic E-state index is 11.8. The minimum absolute atomic E-state index is 0.365. The van der Waals surface area contributed by atoms with Crippen LogP contribution in [0.5, 0.6) is 0 Å². The van der Waals surface area contributed by atoms with Gasteiger partial charge in [0.2, 0.25) is 0 Å². The van der Waals surface area contributed by atoms with Crippen LogP contribution in [0.2, 0.25) is 0 Å². The summed E-state index contributed by atoms with van der Waals surface area (Å²) in [6, 6.07) is 15.2. The average Bonchev–Trinajstić information content (AvgIpc) is 3.30. The molecular formula is C20H21NO4S. The molecule has 1 atom stereocenters. The number of rotatable bonds is 7. The topological polar surface area (TPSA) is 62.9 Å². The summed E-state index contributed by atoms with van der Waals surface area (Å²) < 4.78 is 10.7. The number of benzene rings is 1. The molecule has 0 aliphatic rings. The van der Waals surface area contributed by atoms with Gasteiger partial charge in [-0.2, -0.15) is 0 Å². The predicted octanol–water partition coefficient (Wildman–Crippen LogP) is 3.96. The highest BCUT2D eigenvalue weighted by Crippen LogP contribution is 2.30. The normalized spacial score (nSPS) is 12.3. The van der Waals surface area contributed by atoms with Crippen LogP contribution in [0.1, 0.15) is 27.1 Å². The van der Waals surface area contributed by atoms with Crippen LogP contribution in [-0.2, 0) is 11.3 Å². The van der Waals surface area contributed by atoms with Gasteiger partial charge in [0, 0.05) is 12.1 Å². The van der Waals surface area contributed by atoms with Crippen LogP contribution in [0.3, 0.4) is 0 Å². The Morgan fingerprint density at radius 2 is 2.00 bits per heavy atom. The summed E-state index contributed by atoms with van der Waals surface area (Å²) >= 11 is 1.33. The zero-order valence-electron chi connectivity index (χ0n) is 14.7. The van der Waals surface area contributed by atoms with E-state index in [2.05, 4.69) is 0 Å². The first-order chi connectivity index (χ1) is 12.6. The lowest BCUT2D eigenvalue weighted by atomic mass is 10.1. The molecule has 3 aromatic rings. The van der Waals surface area contributed by atoms with E-state index in [1.165, 1.54) is 18.4 Å². The van der Waals surface area contributed by atoms with Crippen molar-refractivity contribution in [1.82, 2.24) is 4.90 Å². The lowest BCUT2D eigenvalue weighted by Gasteiger charge is -2.19. The first-order valence-corrected chi connectivity index (χ1v) is 9.13. The van der Waals surface area contributed by atoms with E-state index < -0.39 is 6.10 Å². The minimum Gasteiger partial charge on any atom is -0.465 e. The fourth-order valence-electron chi connectivity index (χ4n) is 2.77. The Hall–Kier alpha value is -2.41. The van der Waals surface area contributed by atoms with E-state index in [0.717, 1.165) is 16.9 Å². The van der Waals surface area contributed by atoms with Crippen LogP contribution in [0, 0.1) is 0 Å². The molecule has 0 aliphatic carbocycles. The van der Waals surface area contributed by atoms with E-state index in [1.54, 1.807) is 0 Å². The van der Waals surface area contributed by atoms with Gasteiger partial charge in [-0.1, -0.05) is 30.3 Å². The lowest BCUT2D eigenvalue weighted by molar-refractivity contribution is 0.0607. The molecule has 6 heteroatoms. The molecule has 0 amide bonds. The standard InChI is InChI=1S/C20H21NO4S/c1-21(13-17(22)14-6-4-3-5-7-14)12-15-8-9-18(25-15)16-10-11-26-19(16)20(23)24-2/h3-11,17,22H,12-13H2,1-2H3. The second kappa shape index (κ2) is 8.31. The number of aliphatic hydroxyl groups is 1. The quantitative estimate of drug-likeness (QED) is 0.637. The van der Waals surface area contributed by atoms with E-state index >= 15 is 0 Å². The molecule has 1 aromatic carbocycles.